The lowest BCUT2D eigenvalue weighted by Gasteiger charge is -2.25. The van der Waals surface area contributed by atoms with E-state index in [-0.39, 0.29) is 31.3 Å². The number of carbonyl (C=O) groups is 4. The van der Waals surface area contributed by atoms with E-state index in [1.165, 1.54) is 154 Å². The van der Waals surface area contributed by atoms with Gasteiger partial charge in [0.15, 0.2) is 6.10 Å². The molecule has 1 atom stereocenters. The molecule has 0 heterocycles. The standard InChI is InChI=1S/C57H100N4O8/c1-4-6-8-10-12-14-16-18-20-22-24-26-28-30-32-34-46-67-48-36-44-61(45-37-49-68-47-35-33-31-29-27-25-23-21-19-17-15-13-11-9-7-5-2)54(62)50-53(69-57(58)65)56(64)60-43-42-59-55(63)51-38-40-52(66-3)41-39-51/h18-21,38-41,53H,4-17,22-37,42-50H2,1-3H3,(H2,58,65)(H,59,63)(H,60,64)/t53-/m1/s1. The Morgan fingerprint density at radius 3 is 1.35 bits per heavy atom. The van der Waals surface area contributed by atoms with Gasteiger partial charge < -0.3 is 40.2 Å². The van der Waals surface area contributed by atoms with Crippen LogP contribution in [0.25, 0.3) is 0 Å². The molecule has 4 N–H and O–H groups in total. The number of nitrogens with two attached hydrogens (primary N) is 1. The third-order valence-electron chi connectivity index (χ3n) is 12.4. The molecule has 0 aliphatic heterocycles. The van der Waals surface area contributed by atoms with Crippen LogP contribution in [0.4, 0.5) is 4.79 Å². The molecule has 0 unspecified atom stereocenters. The van der Waals surface area contributed by atoms with Gasteiger partial charge in [-0.2, -0.15) is 0 Å². The van der Waals surface area contributed by atoms with Gasteiger partial charge in [0, 0.05) is 58.2 Å². The van der Waals surface area contributed by atoms with Crippen LogP contribution in [-0.4, -0.2) is 94.5 Å². The fourth-order valence-corrected chi connectivity index (χ4v) is 8.12. The minimum atomic E-state index is -1.42. The van der Waals surface area contributed by atoms with Crippen molar-refractivity contribution in [1.82, 2.24) is 15.5 Å². The third-order valence-corrected chi connectivity index (χ3v) is 12.4. The zero-order valence-corrected chi connectivity index (χ0v) is 44.1. The highest BCUT2D eigenvalue weighted by molar-refractivity contribution is 5.94. The molecule has 0 spiro atoms. The van der Waals surface area contributed by atoms with Crippen LogP contribution in [0.3, 0.4) is 0 Å². The van der Waals surface area contributed by atoms with Crippen LogP contribution < -0.4 is 21.1 Å². The number of primary amides is 1. The first-order valence-electron chi connectivity index (χ1n) is 27.7. The number of amides is 4. The highest BCUT2D eigenvalue weighted by Gasteiger charge is 2.27. The fourth-order valence-electron chi connectivity index (χ4n) is 8.12. The van der Waals surface area contributed by atoms with Crippen LogP contribution in [0.5, 0.6) is 5.75 Å². The first-order valence-corrected chi connectivity index (χ1v) is 27.7. The van der Waals surface area contributed by atoms with Gasteiger partial charge in [0.2, 0.25) is 5.91 Å². The molecule has 0 aliphatic carbocycles. The number of methoxy groups -OCH3 is 1. The first-order chi connectivity index (χ1) is 33.8. The molecule has 69 heavy (non-hydrogen) atoms. The minimum Gasteiger partial charge on any atom is -0.497 e. The molecule has 1 rings (SSSR count). The quantitative estimate of drug-likeness (QED) is 0.0430. The van der Waals surface area contributed by atoms with E-state index < -0.39 is 18.1 Å². The molecule has 0 aromatic heterocycles. The molecule has 1 aromatic rings. The van der Waals surface area contributed by atoms with Crippen molar-refractivity contribution in [2.75, 3.05) is 59.7 Å². The predicted molar refractivity (Wildman–Crippen MR) is 284 cm³/mol. The van der Waals surface area contributed by atoms with Crippen molar-refractivity contribution >= 4 is 23.8 Å². The number of carbonyl (C=O) groups excluding carboxylic acids is 4. The van der Waals surface area contributed by atoms with Gasteiger partial charge >= 0.3 is 6.09 Å². The zero-order valence-electron chi connectivity index (χ0n) is 44.1. The number of allylic oxidation sites excluding steroid dienone is 4. The van der Waals surface area contributed by atoms with E-state index in [0.29, 0.717) is 63.7 Å². The maximum Gasteiger partial charge on any atom is 0.405 e. The van der Waals surface area contributed by atoms with E-state index >= 15 is 0 Å². The second-order valence-electron chi connectivity index (χ2n) is 18.6. The number of nitrogens with zero attached hydrogens (tertiary/aromatic N) is 1. The summed E-state index contributed by atoms with van der Waals surface area (Å²) in [7, 11) is 1.55. The minimum absolute atomic E-state index is 0.0555. The second-order valence-corrected chi connectivity index (χ2v) is 18.6. The molecular weight excluding hydrogens is 869 g/mol. The van der Waals surface area contributed by atoms with Crippen molar-refractivity contribution in [2.24, 2.45) is 5.73 Å². The van der Waals surface area contributed by atoms with Gasteiger partial charge in [0.05, 0.1) is 13.5 Å². The van der Waals surface area contributed by atoms with Crippen LogP contribution in [0.1, 0.15) is 223 Å². The Bertz CT molecular complexity index is 1390. The maximum absolute atomic E-state index is 13.7. The fraction of sp³-hybridized carbons (Fsp3) is 0.754. The largest absolute Gasteiger partial charge is 0.497 e. The van der Waals surface area contributed by atoms with Gasteiger partial charge in [-0.05, 0) is 101 Å². The molecule has 0 saturated carbocycles. The van der Waals surface area contributed by atoms with Crippen molar-refractivity contribution in [1.29, 1.82) is 0 Å². The molecule has 0 bridgehead atoms. The highest BCUT2D eigenvalue weighted by Crippen LogP contribution is 2.14. The maximum atomic E-state index is 13.7. The van der Waals surface area contributed by atoms with Crippen molar-refractivity contribution < 1.29 is 38.1 Å². The van der Waals surface area contributed by atoms with E-state index in [1.807, 2.05) is 0 Å². The summed E-state index contributed by atoms with van der Waals surface area (Å²) >= 11 is 0. The SMILES string of the molecule is CCCCCCCCC=CCCCCCCCCOCCCN(CCCOCCCCCCCCC=CCCCCCCCC)C(=O)C[C@@H](OC(N)=O)C(=O)NCCNC(=O)c1ccc(OC)cc1. The Morgan fingerprint density at radius 2 is 0.928 bits per heavy atom. The molecule has 12 nitrogen and oxygen atoms in total. The molecule has 0 fully saturated rings. The monoisotopic (exact) mass is 969 g/mol. The van der Waals surface area contributed by atoms with Gasteiger partial charge in [0.1, 0.15) is 5.75 Å². The van der Waals surface area contributed by atoms with E-state index in [2.05, 4.69) is 48.8 Å². The van der Waals surface area contributed by atoms with E-state index in [4.69, 9.17) is 24.7 Å². The lowest BCUT2D eigenvalue weighted by Crippen LogP contribution is -2.45. The molecule has 396 valence electrons. The van der Waals surface area contributed by atoms with Crippen molar-refractivity contribution in [3.8, 4) is 5.75 Å². The highest BCUT2D eigenvalue weighted by atomic mass is 16.6. The summed E-state index contributed by atoms with van der Waals surface area (Å²) in [4.78, 5) is 52.8. The number of hydrogen-bond acceptors (Lipinski definition) is 8. The molecule has 0 aliphatic rings. The van der Waals surface area contributed by atoms with Crippen molar-refractivity contribution in [2.45, 2.75) is 219 Å². The van der Waals surface area contributed by atoms with Crippen LogP contribution in [0.15, 0.2) is 48.6 Å². The summed E-state index contributed by atoms with van der Waals surface area (Å²) in [5.74, 6) is -0.681. The molecule has 1 aromatic carbocycles. The van der Waals surface area contributed by atoms with Crippen LogP contribution in [0.2, 0.25) is 0 Å². The van der Waals surface area contributed by atoms with Gasteiger partial charge in [-0.3, -0.25) is 14.4 Å². The Labute approximate surface area is 420 Å². The van der Waals surface area contributed by atoms with Gasteiger partial charge in [-0.15, -0.1) is 0 Å². The Kier molecular flexibility index (Phi) is 43.7. The van der Waals surface area contributed by atoms with Gasteiger partial charge in [-0.25, -0.2) is 4.79 Å². The number of nitrogens with one attached hydrogen (secondary N) is 2. The number of ether oxygens (including phenoxy) is 4. The summed E-state index contributed by atoms with van der Waals surface area (Å²) in [5.41, 5.74) is 5.77. The second kappa shape index (κ2) is 47.8. The zero-order chi connectivity index (χ0) is 50.1. The first kappa shape index (κ1) is 63.1. The van der Waals surface area contributed by atoms with E-state index in [0.717, 1.165) is 25.7 Å². The molecule has 0 saturated heterocycles. The molecule has 4 amide bonds. The van der Waals surface area contributed by atoms with Gasteiger partial charge in [0.25, 0.3) is 11.8 Å². The van der Waals surface area contributed by atoms with Crippen molar-refractivity contribution in [3.63, 3.8) is 0 Å². The summed E-state index contributed by atoms with van der Waals surface area (Å²) < 4.78 is 22.2. The Morgan fingerprint density at radius 1 is 0.536 bits per heavy atom. The van der Waals surface area contributed by atoms with Gasteiger partial charge in [-0.1, -0.05) is 154 Å². The summed E-state index contributed by atoms with van der Waals surface area (Å²) in [6.07, 6.45) is 43.2. The summed E-state index contributed by atoms with van der Waals surface area (Å²) in [5, 5.41) is 5.39. The average molecular weight is 969 g/mol. The number of hydrogen-bond donors (Lipinski definition) is 3. The smallest absolute Gasteiger partial charge is 0.405 e. The molecule has 12 heteroatoms. The van der Waals surface area contributed by atoms with Crippen LogP contribution in [0, 0.1) is 0 Å². The third kappa shape index (κ3) is 39.5. The van der Waals surface area contributed by atoms with Crippen LogP contribution >= 0.6 is 0 Å². The number of benzene rings is 1. The van der Waals surface area contributed by atoms with E-state index in [1.54, 1.807) is 36.3 Å². The Hall–Kier alpha value is -3.90. The predicted octanol–water partition coefficient (Wildman–Crippen LogP) is 13.1. The summed E-state index contributed by atoms with van der Waals surface area (Å²) in [6.45, 7) is 7.99. The lowest BCUT2D eigenvalue weighted by molar-refractivity contribution is -0.139. The summed E-state index contributed by atoms with van der Waals surface area (Å²) in [6, 6.07) is 6.65. The van der Waals surface area contributed by atoms with Crippen LogP contribution in [-0.2, 0) is 23.8 Å². The van der Waals surface area contributed by atoms with E-state index in [9.17, 15) is 19.2 Å². The molecular formula is C57H100N4O8. The van der Waals surface area contributed by atoms with Crippen molar-refractivity contribution in [3.05, 3.63) is 54.1 Å². The normalized spacial score (nSPS) is 11.9. The molecule has 0 radical (unpaired) electrons. The number of rotatable bonds is 49. The topological polar surface area (TPSA) is 159 Å². The Balaban J connectivity index is 2.45. The number of unbranched alkanes of at least 4 members (excludes halogenated alkanes) is 24. The lowest BCUT2D eigenvalue weighted by atomic mass is 10.1. The average Bonchev–Trinajstić information content (AvgIpc) is 3.35.